The maximum absolute atomic E-state index is 14.4. The number of hydrogen-bond donors (Lipinski definition) is 0. The first-order chi connectivity index (χ1) is 12.9. The number of nitrogens with zero attached hydrogens (tertiary/aromatic N) is 4. The van der Waals surface area contributed by atoms with Crippen molar-refractivity contribution >= 4 is 11.2 Å². The second-order valence-electron chi connectivity index (χ2n) is 7.98. The molecule has 2 aromatic rings. The second kappa shape index (κ2) is 7.34. The first-order valence-corrected chi connectivity index (χ1v) is 9.82. The van der Waals surface area contributed by atoms with Gasteiger partial charge in [0.15, 0.2) is 5.65 Å². The van der Waals surface area contributed by atoms with Crippen LogP contribution in [0.25, 0.3) is 11.2 Å². The third-order valence-corrected chi connectivity index (χ3v) is 6.12. The van der Waals surface area contributed by atoms with Gasteiger partial charge in [-0.25, -0.2) is 28.7 Å². The molecule has 4 rings (SSSR count). The van der Waals surface area contributed by atoms with Crippen molar-refractivity contribution in [2.45, 2.75) is 70.6 Å². The van der Waals surface area contributed by atoms with Crippen LogP contribution in [0.2, 0.25) is 0 Å². The molecular formula is C20H26F2N4O. The summed E-state index contributed by atoms with van der Waals surface area (Å²) in [6.07, 6.45) is -0.0971. The van der Waals surface area contributed by atoms with E-state index in [9.17, 15) is 8.78 Å². The Bertz CT molecular complexity index is 828. The molecule has 0 spiro atoms. The summed E-state index contributed by atoms with van der Waals surface area (Å²) in [5.41, 5.74) is 3.40. The lowest BCUT2D eigenvalue weighted by molar-refractivity contribution is 0.0743. The zero-order valence-corrected chi connectivity index (χ0v) is 16.1. The van der Waals surface area contributed by atoms with Crippen LogP contribution in [0.5, 0.6) is 0 Å². The Morgan fingerprint density at radius 3 is 2.15 bits per heavy atom. The molecule has 0 aromatic carbocycles. The number of aryl methyl sites for hydroxylation is 2. The number of ether oxygens (including phenoxy) is 1. The van der Waals surface area contributed by atoms with Gasteiger partial charge in [0.1, 0.15) is 23.7 Å². The summed E-state index contributed by atoms with van der Waals surface area (Å²) in [6.45, 7) is 6.79. The van der Waals surface area contributed by atoms with Crippen LogP contribution in [-0.2, 0) is 4.74 Å². The van der Waals surface area contributed by atoms with Crippen LogP contribution in [0.4, 0.5) is 8.78 Å². The molecule has 2 aliphatic rings. The monoisotopic (exact) mass is 376 g/mol. The highest BCUT2D eigenvalue weighted by atomic mass is 19.1. The van der Waals surface area contributed by atoms with E-state index in [4.69, 9.17) is 9.72 Å². The van der Waals surface area contributed by atoms with Crippen LogP contribution >= 0.6 is 0 Å². The Kier molecular flexibility index (Phi) is 5.05. The number of alkyl halides is 2. The van der Waals surface area contributed by atoms with Crippen molar-refractivity contribution in [1.82, 2.24) is 19.9 Å². The van der Waals surface area contributed by atoms with Gasteiger partial charge in [0.2, 0.25) is 0 Å². The lowest BCUT2D eigenvalue weighted by Gasteiger charge is -2.32. The number of rotatable bonds is 2. The van der Waals surface area contributed by atoms with E-state index in [-0.39, 0.29) is 24.7 Å². The van der Waals surface area contributed by atoms with Crippen molar-refractivity contribution in [2.75, 3.05) is 13.2 Å². The quantitative estimate of drug-likeness (QED) is 0.789. The molecule has 0 amide bonds. The van der Waals surface area contributed by atoms with Crippen LogP contribution in [0, 0.1) is 19.8 Å². The molecular weight excluding hydrogens is 350 g/mol. The van der Waals surface area contributed by atoms with Gasteiger partial charge in [-0.05, 0) is 39.5 Å². The van der Waals surface area contributed by atoms with Crippen LogP contribution in [-0.4, -0.2) is 45.5 Å². The number of fused-ring (bicyclic) bond motifs is 1. The molecule has 27 heavy (non-hydrogen) atoms. The van der Waals surface area contributed by atoms with E-state index in [2.05, 4.69) is 15.0 Å². The van der Waals surface area contributed by atoms with Gasteiger partial charge in [-0.2, -0.15) is 0 Å². The molecule has 1 aliphatic heterocycles. The lowest BCUT2D eigenvalue weighted by atomic mass is 9.78. The van der Waals surface area contributed by atoms with Crippen molar-refractivity contribution in [1.29, 1.82) is 0 Å². The smallest absolute Gasteiger partial charge is 0.182 e. The van der Waals surface area contributed by atoms with E-state index in [1.54, 1.807) is 6.92 Å². The summed E-state index contributed by atoms with van der Waals surface area (Å²) in [4.78, 5) is 18.7. The van der Waals surface area contributed by atoms with E-state index in [0.717, 1.165) is 24.2 Å². The summed E-state index contributed by atoms with van der Waals surface area (Å²) < 4.78 is 34.3. The molecule has 2 unspecified atom stereocenters. The highest BCUT2D eigenvalue weighted by Gasteiger charge is 2.38. The van der Waals surface area contributed by atoms with Crippen LogP contribution in [0.3, 0.4) is 0 Å². The summed E-state index contributed by atoms with van der Waals surface area (Å²) in [7, 11) is 0. The molecule has 5 nitrogen and oxygen atoms in total. The fourth-order valence-corrected chi connectivity index (χ4v) is 4.09. The van der Waals surface area contributed by atoms with Crippen molar-refractivity contribution in [3.05, 3.63) is 22.9 Å². The standard InChI is InChI=1S/C20H26F2N4O/c1-10-15(21)8-14(9-16(10)22)17-18-20(24-12(3)11(2)23-18)26-19(25-17)13-4-6-27-7-5-13/h10,13-16H,4-9H2,1-3H3. The normalized spacial score (nSPS) is 30.0. The predicted molar refractivity (Wildman–Crippen MR) is 98.3 cm³/mol. The number of halogens is 2. The van der Waals surface area contributed by atoms with Gasteiger partial charge in [-0.3, -0.25) is 0 Å². The van der Waals surface area contributed by atoms with Gasteiger partial charge >= 0.3 is 0 Å². The highest BCUT2D eigenvalue weighted by molar-refractivity contribution is 5.73. The van der Waals surface area contributed by atoms with Gasteiger partial charge in [0, 0.05) is 31.0 Å². The van der Waals surface area contributed by atoms with Crippen molar-refractivity contribution in [3.8, 4) is 0 Å². The SMILES string of the molecule is Cc1nc2nc(C3CCOCC3)nc(C3CC(F)C(C)C(F)C3)c2nc1C. The summed E-state index contributed by atoms with van der Waals surface area (Å²) in [6, 6.07) is 0. The zero-order chi connectivity index (χ0) is 19.1. The van der Waals surface area contributed by atoms with Crippen LogP contribution in [0.1, 0.15) is 67.3 Å². The van der Waals surface area contributed by atoms with E-state index in [0.29, 0.717) is 35.9 Å². The Labute approximate surface area is 158 Å². The Morgan fingerprint density at radius 1 is 0.852 bits per heavy atom. The molecule has 2 fully saturated rings. The molecule has 7 heteroatoms. The first kappa shape index (κ1) is 18.6. The minimum absolute atomic E-state index is 0.190. The van der Waals surface area contributed by atoms with Gasteiger partial charge in [0.05, 0.1) is 17.1 Å². The van der Waals surface area contributed by atoms with E-state index in [1.165, 1.54) is 0 Å². The summed E-state index contributed by atoms with van der Waals surface area (Å²) in [5.74, 6) is 0.0315. The number of hydrogen-bond acceptors (Lipinski definition) is 5. The fourth-order valence-electron chi connectivity index (χ4n) is 4.09. The molecule has 1 aliphatic carbocycles. The van der Waals surface area contributed by atoms with Gasteiger partial charge in [-0.1, -0.05) is 6.92 Å². The van der Waals surface area contributed by atoms with Crippen molar-refractivity contribution in [2.24, 2.45) is 5.92 Å². The molecule has 0 radical (unpaired) electrons. The van der Waals surface area contributed by atoms with Crippen molar-refractivity contribution < 1.29 is 13.5 Å². The van der Waals surface area contributed by atoms with Gasteiger partial charge in [0.25, 0.3) is 0 Å². The van der Waals surface area contributed by atoms with Crippen molar-refractivity contribution in [3.63, 3.8) is 0 Å². The number of aromatic nitrogens is 4. The average Bonchev–Trinajstić information content (AvgIpc) is 2.66. The highest BCUT2D eigenvalue weighted by Crippen LogP contribution is 2.40. The lowest BCUT2D eigenvalue weighted by Crippen LogP contribution is -2.33. The van der Waals surface area contributed by atoms with Gasteiger partial charge < -0.3 is 4.74 Å². The molecule has 2 aromatic heterocycles. The fraction of sp³-hybridized carbons (Fsp3) is 0.700. The van der Waals surface area contributed by atoms with E-state index in [1.807, 2.05) is 13.8 Å². The zero-order valence-electron chi connectivity index (χ0n) is 16.1. The van der Waals surface area contributed by atoms with Crippen LogP contribution < -0.4 is 0 Å². The largest absolute Gasteiger partial charge is 0.381 e. The Hall–Kier alpha value is -1.76. The van der Waals surface area contributed by atoms with Crippen LogP contribution in [0.15, 0.2) is 0 Å². The Morgan fingerprint density at radius 2 is 1.48 bits per heavy atom. The third-order valence-electron chi connectivity index (χ3n) is 6.12. The molecule has 2 atom stereocenters. The summed E-state index contributed by atoms with van der Waals surface area (Å²) >= 11 is 0. The first-order valence-electron chi connectivity index (χ1n) is 9.82. The van der Waals surface area contributed by atoms with E-state index < -0.39 is 18.3 Å². The maximum atomic E-state index is 14.4. The Balaban J connectivity index is 1.82. The minimum Gasteiger partial charge on any atom is -0.381 e. The third kappa shape index (κ3) is 3.53. The molecule has 146 valence electrons. The average molecular weight is 376 g/mol. The predicted octanol–water partition coefficient (Wildman–Crippen LogP) is 4.12. The van der Waals surface area contributed by atoms with E-state index >= 15 is 0 Å². The molecule has 0 bridgehead atoms. The second-order valence-corrected chi connectivity index (χ2v) is 7.98. The maximum Gasteiger partial charge on any atom is 0.182 e. The van der Waals surface area contributed by atoms with Gasteiger partial charge in [-0.15, -0.1) is 0 Å². The minimum atomic E-state index is -1.17. The topological polar surface area (TPSA) is 60.8 Å². The molecule has 3 heterocycles. The molecule has 0 N–H and O–H groups in total. The summed E-state index contributed by atoms with van der Waals surface area (Å²) in [5, 5.41) is 0. The molecule has 1 saturated heterocycles. The molecule has 1 saturated carbocycles.